The molecule has 0 atom stereocenters. The second kappa shape index (κ2) is 15.7. The first kappa shape index (κ1) is 41.8. The molecule has 0 aromatic heterocycles. The minimum absolute atomic E-state index is 0.263. The maximum Gasteiger partial charge on any atom is 0.378 e. The Hall–Kier alpha value is -8.30. The van der Waals surface area contributed by atoms with Crippen molar-refractivity contribution in [3.63, 3.8) is 0 Å². The van der Waals surface area contributed by atoms with Crippen molar-refractivity contribution in [1.82, 2.24) is 0 Å². The van der Waals surface area contributed by atoms with E-state index >= 15 is 0 Å². The van der Waals surface area contributed by atoms with E-state index in [-0.39, 0.29) is 38.9 Å². The highest BCUT2D eigenvalue weighted by molar-refractivity contribution is 7.88. The second-order valence-electron chi connectivity index (χ2n) is 12.7. The molecule has 0 bridgehead atoms. The molecule has 0 aliphatic carbocycles. The van der Waals surface area contributed by atoms with Gasteiger partial charge in [0.1, 0.15) is 14.7 Å². The molecule has 0 fully saturated rings. The molecule has 310 valence electrons. The summed E-state index contributed by atoms with van der Waals surface area (Å²) in [6, 6.07) is 17.5. The summed E-state index contributed by atoms with van der Waals surface area (Å²) in [6.45, 7) is 1.13. The highest BCUT2D eigenvalue weighted by atomic mass is 32.2. The van der Waals surface area contributed by atoms with E-state index in [9.17, 15) is 61.5 Å². The lowest BCUT2D eigenvalue weighted by molar-refractivity contribution is -0.265. The molecule has 0 saturated carbocycles. The summed E-state index contributed by atoms with van der Waals surface area (Å²) in [5, 5.41) is 64.9. The molecule has 0 amide bonds. The minimum Gasteiger partial charge on any atom is -0.867 e. The molecule has 0 spiro atoms. The topological polar surface area (TPSA) is 310 Å². The molecule has 0 radical (unpaired) electrons. The summed E-state index contributed by atoms with van der Waals surface area (Å²) in [4.78, 5) is 19.7. The normalized spacial score (nSPS) is 11.6. The van der Waals surface area contributed by atoms with Crippen molar-refractivity contribution < 1.29 is 62.7 Å². The molecular weight excluding hydrogens is 873 g/mol. The smallest absolute Gasteiger partial charge is 0.378 e. The number of carbonyl (C=O) groups excluding carboxylic acids is 1. The highest BCUT2D eigenvalue weighted by Crippen LogP contribution is 2.46. The van der Waals surface area contributed by atoms with Crippen LogP contribution in [0.3, 0.4) is 0 Å². The number of ether oxygens (including phenoxy) is 1. The van der Waals surface area contributed by atoms with Gasteiger partial charge in [-0.25, -0.2) is 4.79 Å². The summed E-state index contributed by atoms with van der Waals surface area (Å²) in [6.07, 6.45) is 0. The molecule has 20 nitrogen and oxygen atoms in total. The van der Waals surface area contributed by atoms with Crippen LogP contribution >= 0.6 is 0 Å². The number of carbonyl (C=O) groups is 1. The molecule has 7 rings (SSSR count). The third-order valence-corrected chi connectivity index (χ3v) is 13.0. The molecule has 7 aromatic carbocycles. The minimum atomic E-state index is -5.35. The van der Waals surface area contributed by atoms with Crippen LogP contribution in [-0.4, -0.2) is 37.8 Å². The van der Waals surface area contributed by atoms with Gasteiger partial charge in [-0.1, -0.05) is 36.4 Å². The van der Waals surface area contributed by atoms with Crippen LogP contribution in [0.4, 0.5) is 17.1 Å². The van der Waals surface area contributed by atoms with Gasteiger partial charge in [-0.15, -0.1) is 0 Å². The molecule has 0 aliphatic rings. The Morgan fingerprint density at radius 1 is 0.516 bits per heavy atom. The first-order valence-corrected chi connectivity index (χ1v) is 21.6. The molecule has 7 aromatic rings. The van der Waals surface area contributed by atoms with Crippen LogP contribution in [0.25, 0.3) is 47.2 Å². The summed E-state index contributed by atoms with van der Waals surface area (Å²) in [7, 11) is -15.9. The van der Waals surface area contributed by atoms with Crippen LogP contribution in [0.5, 0.6) is 34.5 Å². The third kappa shape index (κ3) is 7.32. The van der Waals surface area contributed by atoms with Gasteiger partial charge >= 0.3 is 53.4 Å². The lowest BCUT2D eigenvalue weighted by Crippen LogP contribution is -2.18. The van der Waals surface area contributed by atoms with Crippen LogP contribution < -0.4 is 27.9 Å². The molecule has 23 heteroatoms. The Balaban J connectivity index is 1.48. The van der Waals surface area contributed by atoms with E-state index in [4.69, 9.17) is 17.3 Å². The van der Waals surface area contributed by atoms with Crippen molar-refractivity contribution in [3.05, 3.63) is 124 Å². The number of hydrogen-bond acceptors (Lipinski definition) is 17. The van der Waals surface area contributed by atoms with Gasteiger partial charge in [-0.3, -0.25) is 0 Å². The molecule has 62 heavy (non-hydrogen) atoms. The summed E-state index contributed by atoms with van der Waals surface area (Å²) in [5.41, 5.74) is -2.01. The van der Waals surface area contributed by atoms with Gasteiger partial charge in [-0.2, -0.15) is 25.3 Å². The van der Waals surface area contributed by atoms with Crippen LogP contribution in [0.1, 0.15) is 17.3 Å². The Kier molecular flexibility index (Phi) is 10.6. The lowest BCUT2D eigenvalue weighted by atomic mass is 10.1. The predicted octanol–water partition coefficient (Wildman–Crippen LogP) is 6.30. The molecule has 0 saturated heterocycles. The zero-order chi connectivity index (χ0) is 44.7. The van der Waals surface area contributed by atoms with Crippen molar-refractivity contribution in [3.8, 4) is 34.5 Å². The van der Waals surface area contributed by atoms with Crippen LogP contribution in [-0.2, 0) is 35.1 Å². The fourth-order valence-electron chi connectivity index (χ4n) is 6.36. The van der Waals surface area contributed by atoms with Gasteiger partial charge in [0, 0.05) is 46.5 Å². The number of rotatable bonds is 11. The monoisotopic (exact) mass is 894 g/mol. The second-order valence-corrected chi connectivity index (χ2v) is 17.3. The van der Waals surface area contributed by atoms with E-state index in [2.05, 4.69) is 14.9 Å². The first-order chi connectivity index (χ1) is 29.5. The average Bonchev–Trinajstić information content (AvgIpc) is 3.24. The van der Waals surface area contributed by atoms with E-state index in [0.29, 0.717) is 12.1 Å². The van der Waals surface area contributed by atoms with E-state index in [1.165, 1.54) is 25.1 Å². The van der Waals surface area contributed by atoms with Crippen molar-refractivity contribution in [1.29, 1.82) is 16.2 Å². The van der Waals surface area contributed by atoms with Gasteiger partial charge in [0.15, 0.2) is 26.4 Å². The first-order valence-electron chi connectivity index (χ1n) is 17.4. The van der Waals surface area contributed by atoms with Gasteiger partial charge < -0.3 is 32.6 Å². The molecule has 0 unspecified atom stereocenters. The summed E-state index contributed by atoms with van der Waals surface area (Å²) in [5.74, 6) is -7.59. The van der Waals surface area contributed by atoms with Gasteiger partial charge in [0.05, 0.1) is 12.2 Å². The van der Waals surface area contributed by atoms with Gasteiger partial charge in [-0.05, 0) is 76.7 Å². The number of benzene rings is 7. The van der Waals surface area contributed by atoms with Crippen LogP contribution in [0, 0.1) is 16.2 Å². The Morgan fingerprint density at radius 2 is 0.855 bits per heavy atom. The SMILES string of the molecule is CCOC(=O)c1cc(OS(=O)(=O)c2cccc3c([O-])c([N+]#N)ccc23)c(OS(=O)(=O)c2cccc3c([O-])c([N+]#N)ccc23)c(OS(=O)(=O)c2cccc3c([O-])c([N+]#N)ccc23)c1. The van der Waals surface area contributed by atoms with Gasteiger partial charge in [0.2, 0.25) is 21.9 Å². The Morgan fingerprint density at radius 3 is 1.18 bits per heavy atom. The van der Waals surface area contributed by atoms with Gasteiger partial charge in [0.25, 0.3) is 0 Å². The Bertz CT molecular complexity index is 3410. The van der Waals surface area contributed by atoms with Crippen molar-refractivity contribution in [2.45, 2.75) is 21.6 Å². The summed E-state index contributed by atoms with van der Waals surface area (Å²) < 4.78 is 107. The predicted molar refractivity (Wildman–Crippen MR) is 210 cm³/mol. The largest absolute Gasteiger partial charge is 0.867 e. The number of fused-ring (bicyclic) bond motifs is 3. The Labute approximate surface area is 349 Å². The van der Waals surface area contributed by atoms with Crippen molar-refractivity contribution in [2.75, 3.05) is 6.61 Å². The molecular formula is C39H22N6O14S3. The fraction of sp³-hybridized carbons (Fsp3) is 0.0513. The number of hydrogen-bond donors (Lipinski definition) is 0. The van der Waals surface area contributed by atoms with Crippen LogP contribution in [0.15, 0.2) is 118 Å². The molecule has 0 heterocycles. The zero-order valence-corrected chi connectivity index (χ0v) is 33.6. The number of nitrogens with zero attached hydrogens (tertiary/aromatic N) is 6. The van der Waals surface area contributed by atoms with Crippen molar-refractivity contribution in [2.24, 2.45) is 0 Å². The van der Waals surface area contributed by atoms with E-state index in [1.54, 1.807) is 0 Å². The lowest BCUT2D eigenvalue weighted by Gasteiger charge is -2.19. The maximum atomic E-state index is 14.3. The fourth-order valence-corrected chi connectivity index (χ4v) is 9.81. The quantitative estimate of drug-likeness (QED) is 0.0781. The zero-order valence-electron chi connectivity index (χ0n) is 31.1. The number of esters is 1. The van der Waals surface area contributed by atoms with Crippen LogP contribution in [0.2, 0.25) is 0 Å². The number of diazo groups is 3. The molecule has 0 N–H and O–H groups in total. The maximum absolute atomic E-state index is 14.3. The van der Waals surface area contributed by atoms with E-state index in [1.807, 2.05) is 0 Å². The van der Waals surface area contributed by atoms with E-state index < -0.39 is 108 Å². The average molecular weight is 895 g/mol. The third-order valence-electron chi connectivity index (χ3n) is 9.11. The summed E-state index contributed by atoms with van der Waals surface area (Å²) >= 11 is 0. The van der Waals surface area contributed by atoms with E-state index in [0.717, 1.165) is 72.8 Å². The molecule has 0 aliphatic heterocycles. The van der Waals surface area contributed by atoms with Crippen molar-refractivity contribution >= 4 is 85.7 Å². The standard InChI is InChI=1S/C39H22N6O14S3/c1-2-56-39(49)20-18-30(57-60(50,51)32-9-3-6-24-21(32)12-15-27(43-40)35(24)46)38(59-62(54,55)34-11-5-8-26-23(34)14-17-29(45-42)37(26)48)31(19-20)58-61(52,53)33-10-4-7-25-22(33)13-16-28(44-41)36(25)47/h3-19H,2H2,1H3. The highest BCUT2D eigenvalue weighted by Gasteiger charge is 2.34.